The lowest BCUT2D eigenvalue weighted by Gasteiger charge is -2.32. The molecule has 0 saturated carbocycles. The number of nitrogens with one attached hydrogen (secondary N) is 1. The van der Waals surface area contributed by atoms with Crippen LogP contribution < -0.4 is 10.1 Å². The number of benzene rings is 2. The van der Waals surface area contributed by atoms with Crippen molar-refractivity contribution in [2.24, 2.45) is 0 Å². The number of carbonyl (C=O) groups excluding carboxylic acids is 2. The summed E-state index contributed by atoms with van der Waals surface area (Å²) < 4.78 is 5.84. The maximum atomic E-state index is 12.6. The number of hydrogen-bond acceptors (Lipinski definition) is 4. The average Bonchev–Trinajstić information content (AvgIpc) is 2.71. The maximum Gasteiger partial charge on any atom is 0.260 e. The summed E-state index contributed by atoms with van der Waals surface area (Å²) in [4.78, 5) is 26.7. The topological polar surface area (TPSA) is 78.9 Å². The van der Waals surface area contributed by atoms with Crippen molar-refractivity contribution < 1.29 is 19.4 Å². The third-order valence-electron chi connectivity index (χ3n) is 5.55. The minimum absolute atomic E-state index is 0.0139. The van der Waals surface area contributed by atoms with Gasteiger partial charge in [-0.2, -0.15) is 0 Å². The van der Waals surface area contributed by atoms with E-state index >= 15 is 0 Å². The van der Waals surface area contributed by atoms with Gasteiger partial charge in [0.2, 0.25) is 0 Å². The van der Waals surface area contributed by atoms with E-state index in [2.05, 4.69) is 5.32 Å². The van der Waals surface area contributed by atoms with Crippen LogP contribution in [0.25, 0.3) is 0 Å². The molecule has 0 bridgehead atoms. The maximum absolute atomic E-state index is 12.6. The molecule has 2 N–H and O–H groups in total. The van der Waals surface area contributed by atoms with E-state index in [-0.39, 0.29) is 35.8 Å². The third kappa shape index (κ3) is 4.88. The molecule has 1 saturated heterocycles. The van der Waals surface area contributed by atoms with Crippen LogP contribution in [0.2, 0.25) is 0 Å². The third-order valence-corrected chi connectivity index (χ3v) is 5.55. The number of phenols is 1. The van der Waals surface area contributed by atoms with Crippen molar-refractivity contribution in [1.82, 2.24) is 10.2 Å². The first-order valence-electron chi connectivity index (χ1n) is 9.93. The number of hydrogen-bond donors (Lipinski definition) is 2. The molecule has 1 heterocycles. The van der Waals surface area contributed by atoms with Crippen LogP contribution >= 0.6 is 0 Å². The highest BCUT2D eigenvalue weighted by Gasteiger charge is 2.25. The highest BCUT2D eigenvalue weighted by atomic mass is 16.5. The van der Waals surface area contributed by atoms with E-state index in [4.69, 9.17) is 4.74 Å². The van der Waals surface area contributed by atoms with Crippen LogP contribution in [0, 0.1) is 20.8 Å². The summed E-state index contributed by atoms with van der Waals surface area (Å²) in [6.07, 6.45) is 1.35. The zero-order chi connectivity index (χ0) is 21.0. The second-order valence-corrected chi connectivity index (χ2v) is 7.59. The summed E-state index contributed by atoms with van der Waals surface area (Å²) in [5.74, 6) is 0.414. The predicted octanol–water partition coefficient (Wildman–Crippen LogP) is 3.12. The highest BCUT2D eigenvalue weighted by molar-refractivity contribution is 5.96. The van der Waals surface area contributed by atoms with Gasteiger partial charge in [0, 0.05) is 19.1 Å². The molecule has 1 fully saturated rings. The number of carbonyl (C=O) groups is 2. The van der Waals surface area contributed by atoms with Crippen LogP contribution in [0.15, 0.2) is 36.4 Å². The summed E-state index contributed by atoms with van der Waals surface area (Å²) in [7, 11) is 0. The Morgan fingerprint density at radius 2 is 1.72 bits per heavy atom. The standard InChI is InChI=1S/C23H28N2O4/c1-15-8-9-16(2)22(17(15)3)29-14-21(27)25-12-10-18(11-13-25)24-23(28)19-6-4-5-7-20(19)26/h4-9,18,26H,10-14H2,1-3H3,(H,24,28). The van der Waals surface area contributed by atoms with Gasteiger partial charge in [-0.05, 0) is 62.4 Å². The molecule has 0 radical (unpaired) electrons. The molecule has 3 rings (SSSR count). The van der Waals surface area contributed by atoms with Gasteiger partial charge in [0.25, 0.3) is 11.8 Å². The first-order chi connectivity index (χ1) is 13.9. The van der Waals surface area contributed by atoms with Gasteiger partial charge in [0.15, 0.2) is 6.61 Å². The average molecular weight is 396 g/mol. The van der Waals surface area contributed by atoms with E-state index in [9.17, 15) is 14.7 Å². The van der Waals surface area contributed by atoms with Crippen molar-refractivity contribution in [3.8, 4) is 11.5 Å². The number of amides is 2. The van der Waals surface area contributed by atoms with Crippen LogP contribution in [0.5, 0.6) is 11.5 Å². The summed E-state index contributed by atoms with van der Waals surface area (Å²) in [6.45, 7) is 7.16. The van der Waals surface area contributed by atoms with Gasteiger partial charge < -0.3 is 20.1 Å². The quantitative estimate of drug-likeness (QED) is 0.814. The summed E-state index contributed by atoms with van der Waals surface area (Å²) in [6, 6.07) is 10.5. The second-order valence-electron chi connectivity index (χ2n) is 7.59. The van der Waals surface area contributed by atoms with Crippen molar-refractivity contribution in [2.75, 3.05) is 19.7 Å². The fraction of sp³-hybridized carbons (Fsp3) is 0.391. The van der Waals surface area contributed by atoms with Crippen molar-refractivity contribution in [1.29, 1.82) is 0 Å². The van der Waals surface area contributed by atoms with Crippen LogP contribution in [0.1, 0.15) is 39.9 Å². The van der Waals surface area contributed by atoms with Gasteiger partial charge in [-0.15, -0.1) is 0 Å². The molecule has 2 aromatic carbocycles. The first-order valence-corrected chi connectivity index (χ1v) is 9.93. The van der Waals surface area contributed by atoms with Crippen LogP contribution in [-0.2, 0) is 4.79 Å². The first kappa shape index (κ1) is 20.7. The molecule has 0 aromatic heterocycles. The molecule has 0 spiro atoms. The van der Waals surface area contributed by atoms with Crippen molar-refractivity contribution in [2.45, 2.75) is 39.7 Å². The largest absolute Gasteiger partial charge is 0.507 e. The van der Waals surface area contributed by atoms with E-state index in [1.165, 1.54) is 6.07 Å². The molecule has 0 atom stereocenters. The summed E-state index contributed by atoms with van der Waals surface area (Å²) in [5.41, 5.74) is 3.48. The molecule has 1 aliphatic heterocycles. The smallest absolute Gasteiger partial charge is 0.260 e. The fourth-order valence-corrected chi connectivity index (χ4v) is 3.57. The second kappa shape index (κ2) is 8.99. The van der Waals surface area contributed by atoms with E-state index in [0.717, 1.165) is 22.4 Å². The summed E-state index contributed by atoms with van der Waals surface area (Å²) in [5, 5.41) is 12.8. The molecular weight excluding hydrogens is 368 g/mol. The number of aryl methyl sites for hydroxylation is 2. The summed E-state index contributed by atoms with van der Waals surface area (Å²) >= 11 is 0. The predicted molar refractivity (Wildman–Crippen MR) is 111 cm³/mol. The van der Waals surface area contributed by atoms with Crippen molar-refractivity contribution >= 4 is 11.8 Å². The van der Waals surface area contributed by atoms with E-state index in [1.807, 2.05) is 32.9 Å². The zero-order valence-electron chi connectivity index (χ0n) is 17.2. The Balaban J connectivity index is 1.49. The fourth-order valence-electron chi connectivity index (χ4n) is 3.57. The van der Waals surface area contributed by atoms with Crippen LogP contribution in [0.3, 0.4) is 0 Å². The van der Waals surface area contributed by atoms with Gasteiger partial charge in [-0.1, -0.05) is 24.3 Å². The lowest BCUT2D eigenvalue weighted by molar-refractivity contribution is -0.134. The number of piperidine rings is 1. The number of phenolic OH excluding ortho intramolecular Hbond substituents is 1. The lowest BCUT2D eigenvalue weighted by Crippen LogP contribution is -2.47. The minimum atomic E-state index is -0.290. The van der Waals surface area contributed by atoms with E-state index in [0.29, 0.717) is 25.9 Å². The van der Waals surface area contributed by atoms with Gasteiger partial charge in [-0.25, -0.2) is 0 Å². The number of likely N-dealkylation sites (tertiary alicyclic amines) is 1. The number of rotatable bonds is 5. The van der Waals surface area contributed by atoms with Gasteiger partial charge >= 0.3 is 0 Å². The molecule has 0 aliphatic carbocycles. The van der Waals surface area contributed by atoms with Crippen molar-refractivity contribution in [3.05, 3.63) is 58.7 Å². The van der Waals surface area contributed by atoms with E-state index in [1.54, 1.807) is 23.1 Å². The van der Waals surface area contributed by atoms with Gasteiger partial charge in [0.05, 0.1) is 5.56 Å². The molecule has 2 aromatic rings. The number of aromatic hydroxyl groups is 1. The molecular formula is C23H28N2O4. The molecule has 0 unspecified atom stereocenters. The van der Waals surface area contributed by atoms with Crippen LogP contribution in [0.4, 0.5) is 0 Å². The zero-order valence-corrected chi connectivity index (χ0v) is 17.2. The van der Waals surface area contributed by atoms with Gasteiger partial charge in [-0.3, -0.25) is 9.59 Å². The molecule has 154 valence electrons. The Bertz CT molecular complexity index is 902. The Hall–Kier alpha value is -3.02. The Labute approximate surface area is 171 Å². The Morgan fingerprint density at radius 3 is 2.41 bits per heavy atom. The Morgan fingerprint density at radius 1 is 1.07 bits per heavy atom. The molecule has 6 nitrogen and oxygen atoms in total. The molecule has 1 aliphatic rings. The highest BCUT2D eigenvalue weighted by Crippen LogP contribution is 2.26. The molecule has 2 amide bonds. The van der Waals surface area contributed by atoms with E-state index < -0.39 is 0 Å². The monoisotopic (exact) mass is 396 g/mol. The molecule has 6 heteroatoms. The Kier molecular flexibility index (Phi) is 6.42. The number of ether oxygens (including phenoxy) is 1. The normalized spacial score (nSPS) is 14.5. The lowest BCUT2D eigenvalue weighted by atomic mass is 10.0. The SMILES string of the molecule is Cc1ccc(C)c(OCC(=O)N2CCC(NC(=O)c3ccccc3O)CC2)c1C. The van der Waals surface area contributed by atoms with Gasteiger partial charge in [0.1, 0.15) is 11.5 Å². The molecule has 29 heavy (non-hydrogen) atoms. The number of para-hydroxylation sites is 1. The van der Waals surface area contributed by atoms with Crippen LogP contribution in [-0.4, -0.2) is 47.6 Å². The van der Waals surface area contributed by atoms with Crippen molar-refractivity contribution in [3.63, 3.8) is 0 Å². The number of nitrogens with zero attached hydrogens (tertiary/aromatic N) is 1. The minimum Gasteiger partial charge on any atom is -0.507 e.